The summed E-state index contributed by atoms with van der Waals surface area (Å²) in [5.74, 6) is 0.157. The van der Waals surface area contributed by atoms with Crippen molar-refractivity contribution in [2.45, 2.75) is 96.8 Å². The Morgan fingerprint density at radius 3 is 1.61 bits per heavy atom. The van der Waals surface area contributed by atoms with Crippen LogP contribution in [0.3, 0.4) is 0 Å². The number of hydrogen-bond acceptors (Lipinski definition) is 3. The molecule has 0 aromatic rings. The monoisotopic (exact) mass is 346 g/mol. The lowest BCUT2D eigenvalue weighted by Crippen LogP contribution is -2.07. The van der Waals surface area contributed by atoms with E-state index >= 15 is 0 Å². The van der Waals surface area contributed by atoms with Gasteiger partial charge < -0.3 is 0 Å². The molecule has 0 aromatic carbocycles. The Labute approximate surface area is 145 Å². The van der Waals surface area contributed by atoms with Gasteiger partial charge in [0.1, 0.15) is 0 Å². The number of rotatable bonds is 17. The summed E-state index contributed by atoms with van der Waals surface area (Å²) in [7, 11) is -2.02. The third kappa shape index (κ3) is 17.8. The second-order valence-corrected chi connectivity index (χ2v) is 8.22. The van der Waals surface area contributed by atoms with E-state index in [1.54, 1.807) is 0 Å². The molecule has 0 fully saturated rings. The van der Waals surface area contributed by atoms with E-state index in [-0.39, 0.29) is 5.75 Å². The van der Waals surface area contributed by atoms with E-state index in [1.807, 2.05) is 0 Å². The molecule has 0 atom stereocenters. The lowest BCUT2D eigenvalue weighted by atomic mass is 10.1. The molecule has 0 heterocycles. The zero-order valence-electron chi connectivity index (χ0n) is 15.4. The highest BCUT2D eigenvalue weighted by Crippen LogP contribution is 2.10. The number of hydrogen-bond donors (Lipinski definition) is 0. The first-order valence-electron chi connectivity index (χ1n) is 9.55. The summed E-state index contributed by atoms with van der Waals surface area (Å²) >= 11 is 0. The topological polar surface area (TPSA) is 43.4 Å². The van der Waals surface area contributed by atoms with Crippen molar-refractivity contribution in [2.24, 2.45) is 0 Å². The van der Waals surface area contributed by atoms with Crippen molar-refractivity contribution < 1.29 is 12.6 Å². The van der Waals surface area contributed by atoms with Gasteiger partial charge in [0.15, 0.2) is 0 Å². The van der Waals surface area contributed by atoms with Gasteiger partial charge >= 0.3 is 0 Å². The van der Waals surface area contributed by atoms with Crippen LogP contribution in [0.2, 0.25) is 0 Å². The van der Waals surface area contributed by atoms with Crippen LogP contribution in [-0.2, 0) is 14.3 Å². The van der Waals surface area contributed by atoms with Gasteiger partial charge in [0, 0.05) is 0 Å². The number of allylic oxidation sites excluding steroid dienone is 2. The molecule has 4 heteroatoms. The van der Waals surface area contributed by atoms with Crippen molar-refractivity contribution in [3.05, 3.63) is 12.2 Å². The first-order chi connectivity index (χ1) is 11.1. The molecule has 0 N–H and O–H groups in total. The molecule has 0 unspecified atom stereocenters. The molecule has 0 aliphatic heterocycles. The van der Waals surface area contributed by atoms with E-state index < -0.39 is 10.1 Å². The van der Waals surface area contributed by atoms with Crippen molar-refractivity contribution in [1.29, 1.82) is 0 Å². The lowest BCUT2D eigenvalue weighted by molar-refractivity contribution is 0.396. The quantitative estimate of drug-likeness (QED) is 0.184. The molecule has 0 aliphatic carbocycles. The van der Waals surface area contributed by atoms with Crippen LogP contribution in [0.1, 0.15) is 96.8 Å². The molecule has 0 amide bonds. The van der Waals surface area contributed by atoms with E-state index in [4.69, 9.17) is 0 Å². The van der Waals surface area contributed by atoms with Crippen LogP contribution in [0.5, 0.6) is 0 Å². The third-order valence-corrected chi connectivity index (χ3v) is 5.46. The smallest absolute Gasteiger partial charge is 0.267 e. The summed E-state index contributed by atoms with van der Waals surface area (Å²) in [4.78, 5) is 0. The third-order valence-electron chi connectivity index (χ3n) is 4.16. The van der Waals surface area contributed by atoms with Crippen molar-refractivity contribution in [3.8, 4) is 0 Å². The van der Waals surface area contributed by atoms with Crippen molar-refractivity contribution >= 4 is 10.1 Å². The average Bonchev–Trinajstić information content (AvgIpc) is 2.54. The van der Waals surface area contributed by atoms with E-state index in [0.717, 1.165) is 12.8 Å². The largest absolute Gasteiger partial charge is 0.273 e. The molecule has 3 nitrogen and oxygen atoms in total. The van der Waals surface area contributed by atoms with Gasteiger partial charge in [-0.2, -0.15) is 8.42 Å². The Bertz CT molecular complexity index is 361. The van der Waals surface area contributed by atoms with E-state index in [2.05, 4.69) is 23.3 Å². The van der Waals surface area contributed by atoms with Crippen LogP contribution in [0.4, 0.5) is 0 Å². The van der Waals surface area contributed by atoms with Crippen molar-refractivity contribution in [1.82, 2.24) is 0 Å². The zero-order chi connectivity index (χ0) is 17.2. The van der Waals surface area contributed by atoms with Gasteiger partial charge in [0.05, 0.1) is 12.9 Å². The van der Waals surface area contributed by atoms with Gasteiger partial charge in [-0.15, -0.1) is 0 Å². The SMILES string of the molecule is CCCCCCCC/C=C\CCCCCCCCS(=O)(=O)OC. The predicted molar refractivity (Wildman–Crippen MR) is 100 cm³/mol. The van der Waals surface area contributed by atoms with E-state index in [1.165, 1.54) is 77.7 Å². The molecule has 0 saturated heterocycles. The minimum absolute atomic E-state index is 0.157. The van der Waals surface area contributed by atoms with Crippen LogP contribution < -0.4 is 0 Å². The molecule has 23 heavy (non-hydrogen) atoms. The molecule has 0 rings (SSSR count). The van der Waals surface area contributed by atoms with Gasteiger partial charge in [-0.1, -0.05) is 76.9 Å². The maximum absolute atomic E-state index is 11.1. The minimum atomic E-state index is -3.25. The molecule has 138 valence electrons. The maximum Gasteiger partial charge on any atom is 0.267 e. The summed E-state index contributed by atoms with van der Waals surface area (Å²) in [6.45, 7) is 2.26. The highest BCUT2D eigenvalue weighted by molar-refractivity contribution is 7.86. The first-order valence-corrected chi connectivity index (χ1v) is 11.1. The van der Waals surface area contributed by atoms with Crippen LogP contribution >= 0.6 is 0 Å². The van der Waals surface area contributed by atoms with Gasteiger partial charge in [-0.05, 0) is 32.1 Å². The predicted octanol–water partition coefficient (Wildman–Crippen LogP) is 6.00. The second kappa shape index (κ2) is 16.5. The Kier molecular flexibility index (Phi) is 16.3. The van der Waals surface area contributed by atoms with Crippen molar-refractivity contribution in [3.63, 3.8) is 0 Å². The molecule has 0 aliphatic rings. The fourth-order valence-corrected chi connectivity index (χ4v) is 3.33. The first kappa shape index (κ1) is 22.6. The molecule has 0 bridgehead atoms. The molecule has 0 spiro atoms. The normalized spacial score (nSPS) is 12.3. The van der Waals surface area contributed by atoms with Gasteiger partial charge in [0.2, 0.25) is 0 Å². The van der Waals surface area contributed by atoms with Gasteiger partial charge in [-0.25, -0.2) is 0 Å². The van der Waals surface area contributed by atoms with Crippen LogP contribution in [0.25, 0.3) is 0 Å². The van der Waals surface area contributed by atoms with Crippen LogP contribution in [0, 0.1) is 0 Å². The second-order valence-electron chi connectivity index (χ2n) is 6.37. The highest BCUT2D eigenvalue weighted by Gasteiger charge is 2.06. The van der Waals surface area contributed by atoms with Crippen LogP contribution in [-0.4, -0.2) is 21.3 Å². The Morgan fingerprint density at radius 1 is 0.696 bits per heavy atom. The standard InChI is InChI=1S/C19H38O3S/c1-3-4-5-6-7-8-9-10-11-12-13-14-15-16-17-18-19-23(20,21)22-2/h10-11H,3-9,12-19H2,1-2H3/b11-10-. The maximum atomic E-state index is 11.1. The summed E-state index contributed by atoms with van der Waals surface area (Å²) in [5.41, 5.74) is 0. The molecule has 0 radical (unpaired) electrons. The molecular weight excluding hydrogens is 308 g/mol. The fourth-order valence-electron chi connectivity index (χ4n) is 2.61. The van der Waals surface area contributed by atoms with Gasteiger partial charge in [-0.3, -0.25) is 4.18 Å². The molecule has 0 saturated carbocycles. The van der Waals surface area contributed by atoms with E-state index in [9.17, 15) is 8.42 Å². The Morgan fingerprint density at radius 2 is 1.13 bits per heavy atom. The van der Waals surface area contributed by atoms with Gasteiger partial charge in [0.25, 0.3) is 10.1 Å². The van der Waals surface area contributed by atoms with E-state index in [0.29, 0.717) is 6.42 Å². The fraction of sp³-hybridized carbons (Fsp3) is 0.895. The van der Waals surface area contributed by atoms with Crippen molar-refractivity contribution in [2.75, 3.05) is 12.9 Å². The summed E-state index contributed by atoms with van der Waals surface area (Å²) < 4.78 is 26.7. The summed E-state index contributed by atoms with van der Waals surface area (Å²) in [6.07, 6.45) is 21.9. The number of unbranched alkanes of at least 4 members (excludes halogenated alkanes) is 12. The zero-order valence-corrected chi connectivity index (χ0v) is 16.2. The minimum Gasteiger partial charge on any atom is -0.273 e. The molecular formula is C19H38O3S. The molecule has 0 aromatic heterocycles. The summed E-state index contributed by atoms with van der Waals surface area (Å²) in [6, 6.07) is 0. The average molecular weight is 347 g/mol. The lowest BCUT2D eigenvalue weighted by Gasteiger charge is -2.02. The summed E-state index contributed by atoms with van der Waals surface area (Å²) in [5, 5.41) is 0. The Hall–Kier alpha value is -0.350. The van der Waals surface area contributed by atoms with Crippen LogP contribution in [0.15, 0.2) is 12.2 Å². The highest BCUT2D eigenvalue weighted by atomic mass is 32.2. The Balaban J connectivity index is 3.19.